The van der Waals surface area contributed by atoms with Gasteiger partial charge < -0.3 is 14.8 Å². The van der Waals surface area contributed by atoms with Crippen molar-refractivity contribution in [3.8, 4) is 0 Å². The fourth-order valence-electron chi connectivity index (χ4n) is 10.3. The van der Waals surface area contributed by atoms with Crippen LogP contribution in [0.2, 0.25) is 0 Å². The first-order chi connectivity index (χ1) is 29.7. The summed E-state index contributed by atoms with van der Waals surface area (Å²) in [7, 11) is 0. The molecule has 0 radical (unpaired) electrons. The van der Waals surface area contributed by atoms with Crippen LogP contribution in [0, 0.1) is 0 Å². The number of carbonyl (C=O) groups excluding carboxylic acids is 1. The highest BCUT2D eigenvalue weighted by atomic mass is 35.5. The van der Waals surface area contributed by atoms with Crippen LogP contribution in [0.4, 0.5) is 4.79 Å². The number of nitrogens with one attached hydrogen (secondary N) is 1. The van der Waals surface area contributed by atoms with Gasteiger partial charge in [-0.2, -0.15) is 0 Å². The molecule has 60 heavy (non-hydrogen) atoms. The maximum atomic E-state index is 11.8. The molecule has 1 aliphatic carbocycles. The Balaban J connectivity index is 1.57. The van der Waals surface area contributed by atoms with Crippen LogP contribution in [-0.2, 0) is 9.47 Å². The number of hydrogen-bond donors (Lipinski definition) is 1. The second-order valence-electron chi connectivity index (χ2n) is 20.1. The molecular formula is C55H106ClNO3. The number of rotatable bonds is 1. The van der Waals surface area contributed by atoms with Crippen molar-refractivity contribution in [2.75, 3.05) is 13.2 Å². The van der Waals surface area contributed by atoms with E-state index in [2.05, 4.69) is 5.32 Å². The molecule has 1 aliphatic heterocycles. The van der Waals surface area contributed by atoms with Gasteiger partial charge in [0, 0.05) is 18.9 Å². The van der Waals surface area contributed by atoms with E-state index in [1.54, 1.807) is 0 Å². The van der Waals surface area contributed by atoms with Crippen LogP contribution in [0.5, 0.6) is 0 Å². The predicted octanol–water partition coefficient (Wildman–Crippen LogP) is 19.6. The van der Waals surface area contributed by atoms with Crippen molar-refractivity contribution in [2.45, 2.75) is 333 Å². The molecule has 1 spiro atoms. The number of amides is 1. The van der Waals surface area contributed by atoms with E-state index >= 15 is 0 Å². The summed E-state index contributed by atoms with van der Waals surface area (Å²) < 4.78 is 12.5. The van der Waals surface area contributed by atoms with Crippen LogP contribution in [0.3, 0.4) is 0 Å². The van der Waals surface area contributed by atoms with Crippen molar-refractivity contribution < 1.29 is 14.3 Å². The molecular weight excluding hydrogens is 758 g/mol. The fraction of sp³-hybridized carbons (Fsp3) is 0.982. The summed E-state index contributed by atoms with van der Waals surface area (Å²) in [6.45, 7) is 1.37. The summed E-state index contributed by atoms with van der Waals surface area (Å²) in [5.74, 6) is -0.461. The number of carbonyl (C=O) groups is 1. The van der Waals surface area contributed by atoms with Gasteiger partial charge in [-0.3, -0.25) is 4.79 Å². The fourth-order valence-corrected chi connectivity index (χ4v) is 10.5. The van der Waals surface area contributed by atoms with Gasteiger partial charge >= 0.3 is 5.37 Å². The minimum atomic E-state index is -0.461. The maximum absolute atomic E-state index is 11.8. The minimum absolute atomic E-state index is 0.107. The minimum Gasteiger partial charge on any atom is -0.348 e. The van der Waals surface area contributed by atoms with E-state index in [0.29, 0.717) is 13.2 Å². The zero-order valence-corrected chi connectivity index (χ0v) is 41.2. The van der Waals surface area contributed by atoms with E-state index < -0.39 is 11.2 Å². The Labute approximate surface area is 381 Å². The lowest BCUT2D eigenvalue weighted by Gasteiger charge is -2.29. The first-order valence-electron chi connectivity index (χ1n) is 27.9. The lowest BCUT2D eigenvalue weighted by molar-refractivity contribution is -0.169. The molecule has 1 saturated carbocycles. The van der Waals surface area contributed by atoms with Gasteiger partial charge in [-0.15, -0.1) is 0 Å². The molecule has 4 nitrogen and oxygen atoms in total. The van der Waals surface area contributed by atoms with Gasteiger partial charge in [0.05, 0.1) is 13.2 Å². The number of hydrogen-bond acceptors (Lipinski definition) is 3. The Morgan fingerprint density at radius 2 is 0.533 bits per heavy atom. The molecule has 356 valence electrons. The summed E-state index contributed by atoms with van der Waals surface area (Å²) in [5, 5.41) is 2.61. The van der Waals surface area contributed by atoms with Gasteiger partial charge in [0.2, 0.25) is 0 Å². The molecule has 1 amide bonds. The molecule has 1 heterocycles. The highest BCUT2D eigenvalue weighted by molar-refractivity contribution is 6.62. The summed E-state index contributed by atoms with van der Waals surface area (Å²) in [4.78, 5) is 11.8. The molecule has 2 rings (SSSR count). The molecule has 1 atom stereocenters. The van der Waals surface area contributed by atoms with Crippen molar-refractivity contribution in [1.29, 1.82) is 0 Å². The summed E-state index contributed by atoms with van der Waals surface area (Å²) in [6, 6.07) is 0.107. The van der Waals surface area contributed by atoms with Crippen LogP contribution in [0.25, 0.3) is 0 Å². The number of halogens is 1. The Bertz CT molecular complexity index is 878. The third-order valence-corrected chi connectivity index (χ3v) is 14.5. The first kappa shape index (κ1) is 55.8. The van der Waals surface area contributed by atoms with Gasteiger partial charge in [-0.25, -0.2) is 0 Å². The van der Waals surface area contributed by atoms with Crippen molar-refractivity contribution in [3.63, 3.8) is 0 Å². The molecule has 0 bridgehead atoms. The molecule has 0 aromatic carbocycles. The highest BCUT2D eigenvalue weighted by Gasteiger charge is 2.36. The van der Waals surface area contributed by atoms with E-state index in [0.717, 1.165) is 38.5 Å². The Morgan fingerprint density at radius 1 is 0.317 bits per heavy atom. The van der Waals surface area contributed by atoms with Gasteiger partial charge in [0.15, 0.2) is 5.79 Å². The summed E-state index contributed by atoms with van der Waals surface area (Å²) in [5.41, 5.74) is 0. The summed E-state index contributed by atoms with van der Waals surface area (Å²) in [6.07, 6.45) is 69.1. The van der Waals surface area contributed by atoms with Gasteiger partial charge in [0.1, 0.15) is 0 Å². The van der Waals surface area contributed by atoms with E-state index in [4.69, 9.17) is 21.1 Å². The standard InChI is InChI=1S/C55H106ClNO3/c56-54(58)57-53-47-45-43-41-39-37-35-33-31-29-27-25-23-21-19-17-15-13-11-9-7-5-3-1-2-4-6-8-10-12-14-16-18-20-22-24-26-28-30-32-34-36-38-40-42-44-46-49-55(50-48-53)59-51-52-60-55/h53H,1-52H2,(H,57,58). The van der Waals surface area contributed by atoms with Crippen molar-refractivity contribution in [2.24, 2.45) is 0 Å². The van der Waals surface area contributed by atoms with E-state index in [1.165, 1.54) is 283 Å². The molecule has 2 aliphatic rings. The molecule has 2 fully saturated rings. The molecule has 1 saturated heterocycles. The monoisotopic (exact) mass is 864 g/mol. The van der Waals surface area contributed by atoms with E-state index in [1.807, 2.05) is 0 Å². The molecule has 0 aromatic rings. The lowest BCUT2D eigenvalue weighted by Crippen LogP contribution is -2.36. The van der Waals surface area contributed by atoms with Crippen LogP contribution < -0.4 is 5.32 Å². The van der Waals surface area contributed by atoms with Gasteiger partial charge in [-0.05, 0) is 30.9 Å². The second kappa shape index (κ2) is 43.9. The molecule has 0 aromatic heterocycles. The van der Waals surface area contributed by atoms with Crippen molar-refractivity contribution in [3.05, 3.63) is 0 Å². The van der Waals surface area contributed by atoms with E-state index in [-0.39, 0.29) is 6.04 Å². The molecule has 1 unspecified atom stereocenters. The third kappa shape index (κ3) is 37.1. The maximum Gasteiger partial charge on any atom is 0.314 e. The quantitative estimate of drug-likeness (QED) is 0.211. The van der Waals surface area contributed by atoms with Gasteiger partial charge in [-0.1, -0.05) is 289 Å². The smallest absolute Gasteiger partial charge is 0.314 e. The summed E-state index contributed by atoms with van der Waals surface area (Å²) >= 11 is 5.82. The third-order valence-electron chi connectivity index (χ3n) is 14.4. The van der Waals surface area contributed by atoms with Crippen LogP contribution in [0.15, 0.2) is 0 Å². The average Bonchev–Trinajstić information content (AvgIpc) is 3.72. The Kier molecular flexibility index (Phi) is 40.8. The van der Waals surface area contributed by atoms with E-state index in [9.17, 15) is 4.79 Å². The van der Waals surface area contributed by atoms with Gasteiger partial charge in [0.25, 0.3) is 0 Å². The first-order valence-corrected chi connectivity index (χ1v) is 28.3. The zero-order chi connectivity index (χ0) is 42.5. The SMILES string of the molecule is O=C(Cl)NC1CCCCCCCCCCCCCCCCCCCCCCCCCCCCCCCCCCCCCCCCCCCCCCCCC2(CC1)OCCO2. The van der Waals surface area contributed by atoms with Crippen LogP contribution in [0.1, 0.15) is 321 Å². The second-order valence-corrected chi connectivity index (χ2v) is 20.4. The highest BCUT2D eigenvalue weighted by Crippen LogP contribution is 2.32. The van der Waals surface area contributed by atoms with Crippen molar-refractivity contribution in [1.82, 2.24) is 5.32 Å². The Morgan fingerprint density at radius 3 is 0.767 bits per heavy atom. The lowest BCUT2D eigenvalue weighted by atomic mass is 9.96. The topological polar surface area (TPSA) is 47.6 Å². The average molecular weight is 865 g/mol. The van der Waals surface area contributed by atoms with Crippen LogP contribution in [-0.4, -0.2) is 30.4 Å². The zero-order valence-electron chi connectivity index (χ0n) is 40.4. The normalized spacial score (nSPS) is 25.5. The van der Waals surface area contributed by atoms with Crippen molar-refractivity contribution >= 4 is 17.0 Å². The predicted molar refractivity (Wildman–Crippen MR) is 264 cm³/mol. The largest absolute Gasteiger partial charge is 0.348 e. The number of ether oxygens (including phenoxy) is 2. The Hall–Kier alpha value is -0.320. The molecule has 5 heteroatoms. The molecule has 1 N–H and O–H groups in total. The van der Waals surface area contributed by atoms with Crippen LogP contribution >= 0.6 is 11.6 Å².